The van der Waals surface area contributed by atoms with Gasteiger partial charge in [0.15, 0.2) is 5.13 Å². The Bertz CT molecular complexity index is 1010. The van der Waals surface area contributed by atoms with Gasteiger partial charge in [-0.05, 0) is 42.5 Å². The topological polar surface area (TPSA) is 74.3 Å². The average molecular weight is 447 g/mol. The molecule has 1 saturated heterocycles. The molecule has 0 spiro atoms. The molecule has 1 aromatic carbocycles. The summed E-state index contributed by atoms with van der Waals surface area (Å²) < 4.78 is 0. The number of rotatable bonds is 6. The number of amides is 2. The van der Waals surface area contributed by atoms with Crippen LogP contribution < -0.4 is 15.5 Å². The van der Waals surface area contributed by atoms with Crippen molar-refractivity contribution in [3.63, 3.8) is 0 Å². The van der Waals surface area contributed by atoms with Crippen molar-refractivity contribution in [1.82, 2.24) is 4.98 Å². The van der Waals surface area contributed by atoms with Crippen LogP contribution in [0.2, 0.25) is 5.02 Å². The maximum Gasteiger partial charge on any atom is 0.267 e. The van der Waals surface area contributed by atoms with Gasteiger partial charge >= 0.3 is 0 Å². The maximum atomic E-state index is 12.6. The molecule has 0 atom stereocenters. The first kappa shape index (κ1) is 19.9. The van der Waals surface area contributed by atoms with Crippen molar-refractivity contribution >= 4 is 62.6 Å². The Kier molecular flexibility index (Phi) is 6.13. The maximum absolute atomic E-state index is 12.6. The molecule has 4 rings (SSSR count). The minimum Gasteiger partial charge on any atom is -0.370 e. The summed E-state index contributed by atoms with van der Waals surface area (Å²) in [5, 5.41) is 10.4. The third-order valence-corrected chi connectivity index (χ3v) is 6.45. The Hall–Kier alpha value is -2.42. The van der Waals surface area contributed by atoms with Crippen molar-refractivity contribution < 1.29 is 9.59 Å². The molecule has 2 aromatic heterocycles. The molecule has 0 unspecified atom stereocenters. The number of thiazole rings is 1. The van der Waals surface area contributed by atoms with Crippen molar-refractivity contribution in [1.29, 1.82) is 0 Å². The molecule has 1 aliphatic rings. The number of hydrogen-bond donors (Lipinski definition) is 2. The van der Waals surface area contributed by atoms with E-state index in [0.717, 1.165) is 31.6 Å². The highest BCUT2D eigenvalue weighted by Crippen LogP contribution is 2.31. The molecule has 150 valence electrons. The number of carbonyl (C=O) groups is 2. The molecule has 0 aliphatic carbocycles. The number of nitrogens with zero attached hydrogens (tertiary/aromatic N) is 2. The summed E-state index contributed by atoms with van der Waals surface area (Å²) in [4.78, 5) is 31.9. The van der Waals surface area contributed by atoms with Gasteiger partial charge in [0.2, 0.25) is 5.91 Å². The Morgan fingerprint density at radius 2 is 1.97 bits per heavy atom. The van der Waals surface area contributed by atoms with Crippen LogP contribution in [0.1, 0.15) is 28.2 Å². The summed E-state index contributed by atoms with van der Waals surface area (Å²) in [6, 6.07) is 9.15. The van der Waals surface area contributed by atoms with E-state index >= 15 is 0 Å². The highest BCUT2D eigenvalue weighted by molar-refractivity contribution is 7.14. The van der Waals surface area contributed by atoms with E-state index in [2.05, 4.69) is 20.5 Å². The highest BCUT2D eigenvalue weighted by Gasteiger charge is 2.18. The lowest BCUT2D eigenvalue weighted by atomic mass is 10.2. The zero-order valence-corrected chi connectivity index (χ0v) is 17.9. The summed E-state index contributed by atoms with van der Waals surface area (Å²) in [5.74, 6) is -0.367. The number of anilines is 3. The standard InChI is InChI=1S/C20H19ClN4O2S2/c21-13-5-6-16(25-7-1-2-8-25)15(10-13)23-18(26)11-14-12-29-20(22-14)24-19(27)17-4-3-9-28-17/h3-6,9-10,12H,1-2,7-8,11H2,(H,23,26)(H,22,24,27). The smallest absolute Gasteiger partial charge is 0.267 e. The van der Waals surface area contributed by atoms with Gasteiger partial charge in [-0.3, -0.25) is 14.9 Å². The molecular weight excluding hydrogens is 428 g/mol. The van der Waals surface area contributed by atoms with Crippen LogP contribution in [-0.2, 0) is 11.2 Å². The second kappa shape index (κ2) is 8.94. The Balaban J connectivity index is 1.40. The quantitative estimate of drug-likeness (QED) is 0.565. The molecule has 0 saturated carbocycles. The van der Waals surface area contributed by atoms with E-state index in [4.69, 9.17) is 11.6 Å². The molecule has 1 fully saturated rings. The monoisotopic (exact) mass is 446 g/mol. The van der Waals surface area contributed by atoms with Gasteiger partial charge in [-0.2, -0.15) is 0 Å². The van der Waals surface area contributed by atoms with Crippen LogP contribution in [0.5, 0.6) is 0 Å². The Morgan fingerprint density at radius 1 is 1.14 bits per heavy atom. The molecular formula is C20H19ClN4O2S2. The van der Waals surface area contributed by atoms with Crippen LogP contribution in [0.15, 0.2) is 41.1 Å². The van der Waals surface area contributed by atoms with Crippen molar-refractivity contribution in [2.45, 2.75) is 19.3 Å². The third kappa shape index (κ3) is 4.95. The van der Waals surface area contributed by atoms with Crippen molar-refractivity contribution in [3.8, 4) is 0 Å². The van der Waals surface area contributed by atoms with Gasteiger partial charge in [-0.1, -0.05) is 17.7 Å². The number of carbonyl (C=O) groups excluding carboxylic acids is 2. The average Bonchev–Trinajstić information content (AvgIpc) is 3.45. The van der Waals surface area contributed by atoms with Crippen LogP contribution in [-0.4, -0.2) is 29.9 Å². The first-order valence-electron chi connectivity index (χ1n) is 9.22. The van der Waals surface area contributed by atoms with Crippen LogP contribution in [0.3, 0.4) is 0 Å². The highest BCUT2D eigenvalue weighted by atomic mass is 35.5. The van der Waals surface area contributed by atoms with E-state index in [9.17, 15) is 9.59 Å². The van der Waals surface area contributed by atoms with Crippen LogP contribution in [0.25, 0.3) is 0 Å². The van der Waals surface area contributed by atoms with Crippen molar-refractivity contribution in [2.24, 2.45) is 0 Å². The summed E-state index contributed by atoms with van der Waals surface area (Å²) in [6.45, 7) is 1.95. The molecule has 6 nitrogen and oxygen atoms in total. The summed E-state index contributed by atoms with van der Waals surface area (Å²) in [7, 11) is 0. The van der Waals surface area contributed by atoms with E-state index in [1.54, 1.807) is 17.5 Å². The number of nitrogens with one attached hydrogen (secondary N) is 2. The first-order valence-corrected chi connectivity index (χ1v) is 11.4. The molecule has 3 aromatic rings. The van der Waals surface area contributed by atoms with E-state index in [-0.39, 0.29) is 18.2 Å². The van der Waals surface area contributed by atoms with Gasteiger partial charge in [-0.25, -0.2) is 4.98 Å². The van der Waals surface area contributed by atoms with Crippen LogP contribution in [0, 0.1) is 0 Å². The number of benzene rings is 1. The van der Waals surface area contributed by atoms with E-state index < -0.39 is 0 Å². The van der Waals surface area contributed by atoms with E-state index in [1.807, 2.05) is 23.6 Å². The van der Waals surface area contributed by atoms with Gasteiger partial charge < -0.3 is 10.2 Å². The molecule has 3 heterocycles. The fourth-order valence-corrected chi connectivity index (χ4v) is 4.71. The lowest BCUT2D eigenvalue weighted by Gasteiger charge is -2.21. The molecule has 0 bridgehead atoms. The van der Waals surface area contributed by atoms with Gasteiger partial charge in [0.25, 0.3) is 5.91 Å². The van der Waals surface area contributed by atoms with Crippen molar-refractivity contribution in [2.75, 3.05) is 28.6 Å². The molecule has 2 N–H and O–H groups in total. The first-order chi connectivity index (χ1) is 14.1. The molecule has 9 heteroatoms. The van der Waals surface area contributed by atoms with Gasteiger partial charge in [0.1, 0.15) is 0 Å². The minimum atomic E-state index is -0.195. The number of hydrogen-bond acceptors (Lipinski definition) is 6. The summed E-state index contributed by atoms with van der Waals surface area (Å²) in [5.41, 5.74) is 2.31. The minimum absolute atomic E-state index is 0.122. The van der Waals surface area contributed by atoms with E-state index in [0.29, 0.717) is 26.4 Å². The lowest BCUT2D eigenvalue weighted by molar-refractivity contribution is -0.115. The third-order valence-electron chi connectivity index (χ3n) is 4.54. The van der Waals surface area contributed by atoms with Gasteiger partial charge in [0.05, 0.1) is 28.4 Å². The lowest BCUT2D eigenvalue weighted by Crippen LogP contribution is -2.22. The zero-order chi connectivity index (χ0) is 20.2. The predicted molar refractivity (Wildman–Crippen MR) is 120 cm³/mol. The zero-order valence-electron chi connectivity index (χ0n) is 15.5. The molecule has 0 radical (unpaired) electrons. The number of halogens is 1. The van der Waals surface area contributed by atoms with Gasteiger partial charge in [0, 0.05) is 23.5 Å². The molecule has 29 heavy (non-hydrogen) atoms. The fraction of sp³-hybridized carbons (Fsp3) is 0.250. The number of thiophene rings is 1. The van der Waals surface area contributed by atoms with Crippen LogP contribution >= 0.6 is 34.3 Å². The number of aromatic nitrogens is 1. The summed E-state index contributed by atoms with van der Waals surface area (Å²) in [6.07, 6.45) is 2.42. The fourth-order valence-electron chi connectivity index (χ4n) is 3.21. The predicted octanol–water partition coefficient (Wildman–Crippen LogP) is 4.89. The molecule has 1 aliphatic heterocycles. The largest absolute Gasteiger partial charge is 0.370 e. The Labute approximate surface area is 181 Å². The molecule has 2 amide bonds. The van der Waals surface area contributed by atoms with Gasteiger partial charge in [-0.15, -0.1) is 22.7 Å². The van der Waals surface area contributed by atoms with E-state index in [1.165, 1.54) is 22.7 Å². The van der Waals surface area contributed by atoms with Crippen LogP contribution in [0.4, 0.5) is 16.5 Å². The Morgan fingerprint density at radius 3 is 2.72 bits per heavy atom. The summed E-state index contributed by atoms with van der Waals surface area (Å²) >= 11 is 8.81. The van der Waals surface area contributed by atoms with Crippen molar-refractivity contribution in [3.05, 3.63) is 56.7 Å². The second-order valence-electron chi connectivity index (χ2n) is 6.66. The second-order valence-corrected chi connectivity index (χ2v) is 8.90. The normalized spacial score (nSPS) is 13.5. The SMILES string of the molecule is O=C(Cc1csc(NC(=O)c2cccs2)n1)Nc1cc(Cl)ccc1N1CCCC1.